The van der Waals surface area contributed by atoms with Gasteiger partial charge in [-0.25, -0.2) is 0 Å². The minimum Gasteiger partial charge on any atom is -0.494 e. The smallest absolute Gasteiger partial charge is 0.272 e. The minimum absolute atomic E-state index is 0.345. The van der Waals surface area contributed by atoms with Crippen molar-refractivity contribution in [3.8, 4) is 5.75 Å². The van der Waals surface area contributed by atoms with Gasteiger partial charge in [-0.2, -0.15) is 4.99 Å². The molecule has 2 aromatic carbocycles. The Bertz CT molecular complexity index is 1070. The minimum atomic E-state index is -0.345. The summed E-state index contributed by atoms with van der Waals surface area (Å²) in [6, 6.07) is 13.2. The highest BCUT2D eigenvalue weighted by atomic mass is 35.5. The van der Waals surface area contributed by atoms with Gasteiger partial charge >= 0.3 is 0 Å². The second-order valence-electron chi connectivity index (χ2n) is 5.90. The fourth-order valence-electron chi connectivity index (χ4n) is 2.70. The van der Waals surface area contributed by atoms with E-state index in [2.05, 4.69) is 4.99 Å². The number of methoxy groups -OCH3 is 1. The predicted molar refractivity (Wildman–Crippen MR) is 114 cm³/mol. The number of halogens is 1. The van der Waals surface area contributed by atoms with Crippen LogP contribution in [-0.4, -0.2) is 30.8 Å². The van der Waals surface area contributed by atoms with Crippen molar-refractivity contribution in [1.29, 1.82) is 0 Å². The van der Waals surface area contributed by atoms with E-state index in [1.165, 1.54) is 17.4 Å². The van der Waals surface area contributed by atoms with Gasteiger partial charge in [-0.05, 0) is 42.8 Å². The van der Waals surface area contributed by atoms with Crippen LogP contribution in [0.15, 0.2) is 53.5 Å². The molecule has 0 aliphatic heterocycles. The number of thiazole rings is 1. The number of benzene rings is 2. The molecule has 3 rings (SSSR count). The van der Waals surface area contributed by atoms with Crippen LogP contribution in [-0.2, 0) is 16.1 Å². The van der Waals surface area contributed by atoms with E-state index >= 15 is 0 Å². The lowest BCUT2D eigenvalue weighted by Crippen LogP contribution is -2.18. The molecule has 0 fully saturated rings. The SMILES string of the molecule is CCOc1ccc2c(c1)sc(=NC(=O)/C=C/c1ccccc1Cl)n2CCOC. The van der Waals surface area contributed by atoms with Crippen LogP contribution in [0.4, 0.5) is 0 Å². The first kappa shape index (κ1) is 20.3. The van der Waals surface area contributed by atoms with E-state index in [9.17, 15) is 4.79 Å². The zero-order chi connectivity index (χ0) is 19.9. The summed E-state index contributed by atoms with van der Waals surface area (Å²) in [5, 5.41) is 0.590. The van der Waals surface area contributed by atoms with Crippen LogP contribution >= 0.6 is 22.9 Å². The quantitative estimate of drug-likeness (QED) is 0.531. The van der Waals surface area contributed by atoms with E-state index in [1.807, 2.05) is 47.9 Å². The Morgan fingerprint density at radius 1 is 1.29 bits per heavy atom. The number of nitrogens with zero attached hydrogens (tertiary/aromatic N) is 2. The monoisotopic (exact) mass is 416 g/mol. The fourth-order valence-corrected chi connectivity index (χ4v) is 3.99. The van der Waals surface area contributed by atoms with Gasteiger partial charge in [0.05, 0.1) is 23.4 Å². The number of carbonyl (C=O) groups excluding carboxylic acids is 1. The summed E-state index contributed by atoms with van der Waals surface area (Å²) in [4.78, 5) is 17.3. The summed E-state index contributed by atoms with van der Waals surface area (Å²) in [6.07, 6.45) is 3.10. The Morgan fingerprint density at radius 2 is 2.11 bits per heavy atom. The van der Waals surface area contributed by atoms with Gasteiger partial charge in [0.2, 0.25) is 0 Å². The van der Waals surface area contributed by atoms with Crippen molar-refractivity contribution in [2.24, 2.45) is 4.99 Å². The molecule has 0 radical (unpaired) electrons. The van der Waals surface area contributed by atoms with Gasteiger partial charge < -0.3 is 14.0 Å². The van der Waals surface area contributed by atoms with E-state index in [1.54, 1.807) is 19.3 Å². The molecule has 0 atom stereocenters. The van der Waals surface area contributed by atoms with Gasteiger partial charge in [-0.3, -0.25) is 4.79 Å². The molecule has 0 spiro atoms. The van der Waals surface area contributed by atoms with Crippen LogP contribution in [0.2, 0.25) is 5.02 Å². The van der Waals surface area contributed by atoms with E-state index < -0.39 is 0 Å². The van der Waals surface area contributed by atoms with Gasteiger partial charge in [0.15, 0.2) is 4.80 Å². The van der Waals surface area contributed by atoms with Crippen LogP contribution in [0.1, 0.15) is 12.5 Å². The Hall–Kier alpha value is -2.41. The molecule has 1 aromatic heterocycles. The van der Waals surface area contributed by atoms with E-state index in [4.69, 9.17) is 21.1 Å². The molecule has 0 unspecified atom stereocenters. The van der Waals surface area contributed by atoms with Crippen LogP contribution in [0.3, 0.4) is 0 Å². The topological polar surface area (TPSA) is 52.8 Å². The van der Waals surface area contributed by atoms with Crippen LogP contribution < -0.4 is 9.54 Å². The summed E-state index contributed by atoms with van der Waals surface area (Å²) in [7, 11) is 1.65. The number of hydrogen-bond acceptors (Lipinski definition) is 4. The zero-order valence-corrected chi connectivity index (χ0v) is 17.3. The number of amides is 1. The summed E-state index contributed by atoms with van der Waals surface area (Å²) < 4.78 is 13.8. The van der Waals surface area contributed by atoms with Crippen LogP contribution in [0.25, 0.3) is 16.3 Å². The summed E-state index contributed by atoms with van der Waals surface area (Å²) >= 11 is 7.57. The van der Waals surface area contributed by atoms with Gasteiger partial charge in [0.1, 0.15) is 5.75 Å². The third-order valence-corrected chi connectivity index (χ3v) is 5.39. The third kappa shape index (κ3) is 4.90. The van der Waals surface area contributed by atoms with Gasteiger partial charge in [0, 0.05) is 24.8 Å². The Morgan fingerprint density at radius 3 is 2.86 bits per heavy atom. The predicted octanol–water partition coefficient (Wildman–Crippen LogP) is 4.54. The average molecular weight is 417 g/mol. The van der Waals surface area contributed by atoms with Crippen LogP contribution in [0.5, 0.6) is 5.75 Å². The molecular formula is C21H21ClN2O3S. The first-order chi connectivity index (χ1) is 13.6. The third-order valence-electron chi connectivity index (χ3n) is 4.00. The molecule has 0 aliphatic carbocycles. The van der Waals surface area contributed by atoms with E-state index in [0.717, 1.165) is 21.5 Å². The Balaban J connectivity index is 1.97. The van der Waals surface area contributed by atoms with Crippen molar-refractivity contribution < 1.29 is 14.3 Å². The number of carbonyl (C=O) groups is 1. The standard InChI is InChI=1S/C21H21ClN2O3S/c1-3-27-16-9-10-18-19(14-16)28-21(24(18)12-13-26-2)23-20(25)11-8-15-6-4-5-7-17(15)22/h4-11,14H,3,12-13H2,1-2H3/b11-8+,23-21?. The average Bonchev–Trinajstić information content (AvgIpc) is 3.02. The highest BCUT2D eigenvalue weighted by molar-refractivity contribution is 7.16. The Kier molecular flexibility index (Phi) is 7.03. The van der Waals surface area contributed by atoms with Gasteiger partial charge in [0.25, 0.3) is 5.91 Å². The summed E-state index contributed by atoms with van der Waals surface area (Å²) in [5.41, 5.74) is 1.77. The molecule has 0 N–H and O–H groups in total. The second kappa shape index (κ2) is 9.68. The highest BCUT2D eigenvalue weighted by Crippen LogP contribution is 2.23. The lowest BCUT2D eigenvalue weighted by atomic mass is 10.2. The van der Waals surface area contributed by atoms with Gasteiger partial charge in [-0.1, -0.05) is 41.1 Å². The first-order valence-corrected chi connectivity index (χ1v) is 10.1. The lowest BCUT2D eigenvalue weighted by Gasteiger charge is -2.05. The molecule has 3 aromatic rings. The molecular weight excluding hydrogens is 396 g/mol. The number of fused-ring (bicyclic) bond motifs is 1. The van der Waals surface area contributed by atoms with Crippen molar-refractivity contribution >= 4 is 45.1 Å². The van der Waals surface area contributed by atoms with Crippen molar-refractivity contribution in [1.82, 2.24) is 4.57 Å². The normalized spacial score (nSPS) is 12.2. The molecule has 0 saturated heterocycles. The molecule has 28 heavy (non-hydrogen) atoms. The molecule has 5 nitrogen and oxygen atoms in total. The molecule has 0 bridgehead atoms. The highest BCUT2D eigenvalue weighted by Gasteiger charge is 2.09. The molecule has 7 heteroatoms. The number of hydrogen-bond donors (Lipinski definition) is 0. The van der Waals surface area contributed by atoms with E-state index in [0.29, 0.717) is 29.6 Å². The lowest BCUT2D eigenvalue weighted by molar-refractivity contribution is -0.113. The molecule has 1 amide bonds. The summed E-state index contributed by atoms with van der Waals surface area (Å²) in [5.74, 6) is 0.453. The maximum atomic E-state index is 12.4. The summed E-state index contributed by atoms with van der Waals surface area (Å²) in [6.45, 7) is 3.67. The van der Waals surface area contributed by atoms with Crippen molar-refractivity contribution in [2.75, 3.05) is 20.3 Å². The Labute approximate surface area is 172 Å². The largest absolute Gasteiger partial charge is 0.494 e. The fraction of sp³-hybridized carbons (Fsp3) is 0.238. The molecule has 0 saturated carbocycles. The second-order valence-corrected chi connectivity index (χ2v) is 7.31. The van der Waals surface area contributed by atoms with Crippen LogP contribution in [0, 0.1) is 0 Å². The number of rotatable bonds is 7. The van der Waals surface area contributed by atoms with E-state index in [-0.39, 0.29) is 5.91 Å². The maximum Gasteiger partial charge on any atom is 0.272 e. The first-order valence-electron chi connectivity index (χ1n) is 8.88. The van der Waals surface area contributed by atoms with Gasteiger partial charge in [-0.15, -0.1) is 0 Å². The van der Waals surface area contributed by atoms with Crippen molar-refractivity contribution in [3.63, 3.8) is 0 Å². The molecule has 1 heterocycles. The number of aromatic nitrogens is 1. The maximum absolute atomic E-state index is 12.4. The van der Waals surface area contributed by atoms with Crippen molar-refractivity contribution in [3.05, 3.63) is 63.9 Å². The van der Waals surface area contributed by atoms with Crippen molar-refractivity contribution in [2.45, 2.75) is 13.5 Å². The zero-order valence-electron chi connectivity index (χ0n) is 15.7. The molecule has 0 aliphatic rings. The number of ether oxygens (including phenoxy) is 2. The molecule has 146 valence electrons.